The summed E-state index contributed by atoms with van der Waals surface area (Å²) in [6.45, 7) is 3.69. The topological polar surface area (TPSA) is 78.1 Å². The number of carbonyl (C=O) groups is 1. The van der Waals surface area contributed by atoms with Gasteiger partial charge < -0.3 is 5.32 Å². The molecule has 0 spiro atoms. The average molecular weight is 372 g/mol. The van der Waals surface area contributed by atoms with E-state index in [1.165, 1.54) is 6.07 Å². The zero-order valence-corrected chi connectivity index (χ0v) is 14.6. The van der Waals surface area contributed by atoms with Crippen molar-refractivity contribution in [1.82, 2.24) is 4.98 Å². The Bertz CT molecular complexity index is 1000. The normalized spacial score (nSPS) is 13.0. The number of amides is 1. The Morgan fingerprint density at radius 2 is 2.11 bits per heavy atom. The number of nitrogens with one attached hydrogen (secondary N) is 1. The van der Waals surface area contributed by atoms with Crippen LogP contribution in [-0.2, 0) is 12.7 Å². The summed E-state index contributed by atoms with van der Waals surface area (Å²) in [5.41, 5.74) is 0.835. The molecule has 0 saturated heterocycles. The van der Waals surface area contributed by atoms with Crippen LogP contribution in [0.2, 0.25) is 0 Å². The summed E-state index contributed by atoms with van der Waals surface area (Å²) in [6.07, 6.45) is -3.24. The molecule has 5 nitrogen and oxygen atoms in total. The number of anilines is 1. The molecule has 1 amide bonds. The number of aliphatic imine (C=N–C) groups is 1. The number of nitriles is 1. The quantitative estimate of drug-likeness (QED) is 0.875. The Morgan fingerprint density at radius 3 is 2.74 bits per heavy atom. The fourth-order valence-electron chi connectivity index (χ4n) is 3.11. The number of hydrogen-bond acceptors (Lipinski definition) is 4. The van der Waals surface area contributed by atoms with Crippen LogP contribution in [0.5, 0.6) is 0 Å². The van der Waals surface area contributed by atoms with Gasteiger partial charge in [-0.3, -0.25) is 9.79 Å². The van der Waals surface area contributed by atoms with Crippen LogP contribution in [0.1, 0.15) is 51.7 Å². The Labute approximate surface area is 153 Å². The van der Waals surface area contributed by atoms with Crippen molar-refractivity contribution < 1.29 is 18.0 Å². The van der Waals surface area contributed by atoms with E-state index in [-0.39, 0.29) is 11.3 Å². The van der Waals surface area contributed by atoms with E-state index in [0.29, 0.717) is 12.2 Å². The molecule has 0 saturated carbocycles. The lowest BCUT2D eigenvalue weighted by Gasteiger charge is -2.15. The molecule has 0 fully saturated rings. The van der Waals surface area contributed by atoms with Gasteiger partial charge in [-0.15, -0.1) is 0 Å². The second-order valence-electron chi connectivity index (χ2n) is 6.07. The molecule has 0 bridgehead atoms. The van der Waals surface area contributed by atoms with E-state index in [4.69, 9.17) is 5.26 Å². The molecule has 0 unspecified atom stereocenters. The number of alkyl halides is 3. The summed E-state index contributed by atoms with van der Waals surface area (Å²) in [7, 11) is 0. The van der Waals surface area contributed by atoms with E-state index in [2.05, 4.69) is 15.3 Å². The smallest absolute Gasteiger partial charge is 0.321 e. The first kappa shape index (κ1) is 18.6. The largest absolute Gasteiger partial charge is 0.418 e. The fraction of sp³-hybridized carbons (Fsp3) is 0.263. The lowest BCUT2D eigenvalue weighted by Crippen LogP contribution is -2.20. The first-order valence-corrected chi connectivity index (χ1v) is 8.21. The van der Waals surface area contributed by atoms with E-state index in [1.807, 2.05) is 13.0 Å². The van der Waals surface area contributed by atoms with Crippen LogP contribution in [0.25, 0.3) is 0 Å². The maximum atomic E-state index is 13.3. The van der Waals surface area contributed by atoms with Gasteiger partial charge >= 0.3 is 6.18 Å². The maximum Gasteiger partial charge on any atom is 0.418 e. The molecule has 1 aliphatic rings. The van der Waals surface area contributed by atoms with E-state index in [0.717, 1.165) is 36.4 Å². The van der Waals surface area contributed by atoms with Crippen molar-refractivity contribution in [2.45, 2.75) is 33.0 Å². The van der Waals surface area contributed by atoms with Gasteiger partial charge in [0.1, 0.15) is 11.8 Å². The van der Waals surface area contributed by atoms with Crippen LogP contribution in [0.15, 0.2) is 29.4 Å². The van der Waals surface area contributed by atoms with E-state index >= 15 is 0 Å². The average Bonchev–Trinajstić information content (AvgIpc) is 3.02. The van der Waals surface area contributed by atoms with Crippen LogP contribution < -0.4 is 5.32 Å². The molecule has 1 aliphatic heterocycles. The SMILES string of the molecule is CCC1=NCc2ccc(NC(=O)c3ncc(C#N)c(C(F)(F)F)c3C)cc21. The van der Waals surface area contributed by atoms with Crippen LogP contribution in [0.4, 0.5) is 18.9 Å². The first-order valence-electron chi connectivity index (χ1n) is 8.21. The molecule has 3 rings (SSSR count). The summed E-state index contributed by atoms with van der Waals surface area (Å²) in [5, 5.41) is 11.5. The van der Waals surface area contributed by atoms with Crippen LogP contribution >= 0.6 is 0 Å². The highest BCUT2D eigenvalue weighted by Crippen LogP contribution is 2.35. The van der Waals surface area contributed by atoms with Crippen molar-refractivity contribution in [3.63, 3.8) is 0 Å². The third-order valence-corrected chi connectivity index (χ3v) is 4.40. The molecule has 0 radical (unpaired) electrons. The lowest BCUT2D eigenvalue weighted by molar-refractivity contribution is -0.138. The predicted molar refractivity (Wildman–Crippen MR) is 93.6 cm³/mol. The van der Waals surface area contributed by atoms with Gasteiger partial charge in [-0.2, -0.15) is 18.4 Å². The summed E-state index contributed by atoms with van der Waals surface area (Å²) in [4.78, 5) is 20.7. The first-order chi connectivity index (χ1) is 12.8. The minimum atomic E-state index is -4.76. The van der Waals surface area contributed by atoms with E-state index < -0.39 is 23.2 Å². The van der Waals surface area contributed by atoms with Gasteiger partial charge in [0.15, 0.2) is 0 Å². The number of benzene rings is 1. The molecule has 1 N–H and O–H groups in total. The number of rotatable bonds is 3. The highest BCUT2D eigenvalue weighted by atomic mass is 19.4. The third-order valence-electron chi connectivity index (χ3n) is 4.40. The van der Waals surface area contributed by atoms with E-state index in [9.17, 15) is 18.0 Å². The van der Waals surface area contributed by atoms with Gasteiger partial charge in [-0.25, -0.2) is 4.98 Å². The predicted octanol–water partition coefficient (Wildman–Crippen LogP) is 4.25. The molecule has 2 heterocycles. The van der Waals surface area contributed by atoms with Crippen molar-refractivity contribution in [2.75, 3.05) is 5.32 Å². The van der Waals surface area contributed by atoms with Crippen molar-refractivity contribution in [3.05, 3.63) is 57.9 Å². The number of hydrogen-bond donors (Lipinski definition) is 1. The van der Waals surface area contributed by atoms with Crippen molar-refractivity contribution in [3.8, 4) is 6.07 Å². The summed E-state index contributed by atoms with van der Waals surface area (Å²) >= 11 is 0. The van der Waals surface area contributed by atoms with Crippen molar-refractivity contribution in [2.24, 2.45) is 4.99 Å². The number of nitrogens with zero attached hydrogens (tertiary/aromatic N) is 3. The Balaban J connectivity index is 1.94. The van der Waals surface area contributed by atoms with Crippen molar-refractivity contribution >= 4 is 17.3 Å². The lowest BCUT2D eigenvalue weighted by atomic mass is 10.0. The molecule has 2 aromatic rings. The zero-order valence-electron chi connectivity index (χ0n) is 14.6. The van der Waals surface area contributed by atoms with Crippen LogP contribution in [-0.4, -0.2) is 16.6 Å². The molecule has 1 aromatic heterocycles. The Kier molecular flexibility index (Phi) is 4.70. The second kappa shape index (κ2) is 6.83. The van der Waals surface area contributed by atoms with Crippen LogP contribution in [0, 0.1) is 18.3 Å². The summed E-state index contributed by atoms with van der Waals surface area (Å²) in [6, 6.07) is 6.73. The number of pyridine rings is 1. The Morgan fingerprint density at radius 1 is 1.37 bits per heavy atom. The van der Waals surface area contributed by atoms with E-state index in [1.54, 1.807) is 12.1 Å². The van der Waals surface area contributed by atoms with Gasteiger partial charge in [0.2, 0.25) is 0 Å². The molecule has 138 valence electrons. The molecule has 0 atom stereocenters. The highest BCUT2D eigenvalue weighted by Gasteiger charge is 2.37. The van der Waals surface area contributed by atoms with Gasteiger partial charge in [0, 0.05) is 23.2 Å². The standard InChI is InChI=1S/C19H15F3N4O/c1-3-15-14-6-13(5-4-11(14)8-24-15)26-18(27)17-10(2)16(19(20,21)22)12(7-23)9-25-17/h4-6,9H,3,8H2,1-2H3,(H,26,27). The summed E-state index contributed by atoms with van der Waals surface area (Å²) in [5.74, 6) is -0.768. The Hall–Kier alpha value is -3.21. The third kappa shape index (κ3) is 3.40. The monoisotopic (exact) mass is 372 g/mol. The van der Waals surface area contributed by atoms with Gasteiger partial charge in [-0.05, 0) is 36.6 Å². The van der Waals surface area contributed by atoms with Gasteiger partial charge in [-0.1, -0.05) is 13.0 Å². The number of carbonyl (C=O) groups excluding carboxylic acids is 1. The minimum Gasteiger partial charge on any atom is -0.321 e. The number of fused-ring (bicyclic) bond motifs is 1. The maximum absolute atomic E-state index is 13.3. The van der Waals surface area contributed by atoms with Gasteiger partial charge in [0.05, 0.1) is 17.7 Å². The van der Waals surface area contributed by atoms with Crippen molar-refractivity contribution in [1.29, 1.82) is 5.26 Å². The second-order valence-corrected chi connectivity index (χ2v) is 6.07. The molecule has 8 heteroatoms. The fourth-order valence-corrected chi connectivity index (χ4v) is 3.11. The molecular formula is C19H15F3N4O. The molecule has 27 heavy (non-hydrogen) atoms. The molecule has 0 aliphatic carbocycles. The molecular weight excluding hydrogens is 357 g/mol. The minimum absolute atomic E-state index is 0.369. The number of aromatic nitrogens is 1. The highest BCUT2D eigenvalue weighted by molar-refractivity contribution is 6.07. The van der Waals surface area contributed by atoms with Crippen LogP contribution in [0.3, 0.4) is 0 Å². The molecule has 1 aromatic carbocycles. The number of halogens is 3. The summed E-state index contributed by atoms with van der Waals surface area (Å²) < 4.78 is 39.8. The zero-order chi connectivity index (χ0) is 19.8. The van der Waals surface area contributed by atoms with Gasteiger partial charge in [0.25, 0.3) is 5.91 Å².